The third-order valence-corrected chi connectivity index (χ3v) is 9.66. The summed E-state index contributed by atoms with van der Waals surface area (Å²) in [5.41, 5.74) is 0.462. The maximum Gasteiger partial charge on any atom is 0.243 e. The van der Waals surface area contributed by atoms with Crippen molar-refractivity contribution in [1.29, 1.82) is 0 Å². The van der Waals surface area contributed by atoms with Gasteiger partial charge < -0.3 is 10.1 Å². The van der Waals surface area contributed by atoms with Gasteiger partial charge in [0.2, 0.25) is 26.0 Å². The van der Waals surface area contributed by atoms with Crippen LogP contribution in [0.15, 0.2) is 64.4 Å². The lowest BCUT2D eigenvalue weighted by atomic mass is 9.99. The number of sulfonamides is 2. The van der Waals surface area contributed by atoms with Crippen molar-refractivity contribution in [1.82, 2.24) is 8.61 Å². The standard InChI is InChI=1S/C22H27N3O6S2/c26-22(18-5-4-12-25(17-18)33(29,30)20-6-2-1-3-7-20)23-19-8-10-21(11-9-19)32(27,28)24-13-15-31-16-14-24/h1-3,6-11,18H,4-5,12-17H2,(H,23,26)/t18-/m0/s1. The van der Waals surface area contributed by atoms with Crippen molar-refractivity contribution in [3.8, 4) is 0 Å². The summed E-state index contributed by atoms with van der Waals surface area (Å²) < 4.78 is 59.2. The van der Waals surface area contributed by atoms with Gasteiger partial charge in [-0.05, 0) is 49.2 Å². The minimum Gasteiger partial charge on any atom is -0.379 e. The Labute approximate surface area is 194 Å². The highest BCUT2D eigenvalue weighted by Crippen LogP contribution is 2.25. The summed E-state index contributed by atoms with van der Waals surface area (Å²) in [4.78, 5) is 13.2. The first kappa shape index (κ1) is 23.8. The van der Waals surface area contributed by atoms with Crippen LogP contribution in [0.1, 0.15) is 12.8 Å². The smallest absolute Gasteiger partial charge is 0.243 e. The van der Waals surface area contributed by atoms with Crippen LogP contribution >= 0.6 is 0 Å². The zero-order valence-electron chi connectivity index (χ0n) is 18.1. The maximum atomic E-state index is 12.9. The number of carbonyl (C=O) groups excluding carboxylic acids is 1. The summed E-state index contributed by atoms with van der Waals surface area (Å²) in [6.45, 7) is 1.83. The first-order chi connectivity index (χ1) is 15.8. The van der Waals surface area contributed by atoms with Crippen molar-refractivity contribution in [2.45, 2.75) is 22.6 Å². The van der Waals surface area contributed by atoms with Crippen LogP contribution in [-0.4, -0.2) is 70.7 Å². The summed E-state index contributed by atoms with van der Waals surface area (Å²) >= 11 is 0. The second-order valence-electron chi connectivity index (χ2n) is 8.05. The molecular weight excluding hydrogens is 466 g/mol. The van der Waals surface area contributed by atoms with Crippen molar-refractivity contribution in [3.63, 3.8) is 0 Å². The van der Waals surface area contributed by atoms with Gasteiger partial charge in [0.25, 0.3) is 0 Å². The van der Waals surface area contributed by atoms with E-state index in [1.165, 1.54) is 20.7 Å². The van der Waals surface area contributed by atoms with Gasteiger partial charge in [-0.3, -0.25) is 4.79 Å². The number of benzene rings is 2. The van der Waals surface area contributed by atoms with Gasteiger partial charge in [0.05, 0.1) is 28.9 Å². The molecule has 2 aromatic rings. The lowest BCUT2D eigenvalue weighted by Gasteiger charge is -2.31. The van der Waals surface area contributed by atoms with Gasteiger partial charge in [-0.2, -0.15) is 8.61 Å². The monoisotopic (exact) mass is 493 g/mol. The van der Waals surface area contributed by atoms with Crippen LogP contribution in [0.5, 0.6) is 0 Å². The molecule has 0 aromatic heterocycles. The van der Waals surface area contributed by atoms with E-state index in [0.717, 1.165) is 0 Å². The first-order valence-corrected chi connectivity index (χ1v) is 13.7. The molecule has 0 saturated carbocycles. The van der Waals surface area contributed by atoms with E-state index in [4.69, 9.17) is 4.74 Å². The maximum absolute atomic E-state index is 12.9. The van der Waals surface area contributed by atoms with Gasteiger partial charge in [0, 0.05) is 31.9 Å². The molecule has 2 aliphatic rings. The fraction of sp³-hybridized carbons (Fsp3) is 0.409. The van der Waals surface area contributed by atoms with Crippen molar-refractivity contribution < 1.29 is 26.4 Å². The van der Waals surface area contributed by atoms with Crippen LogP contribution in [0.2, 0.25) is 0 Å². The van der Waals surface area contributed by atoms with Crippen LogP contribution in [0, 0.1) is 5.92 Å². The number of nitrogens with zero attached hydrogens (tertiary/aromatic N) is 2. The Hall–Kier alpha value is -2.31. The number of anilines is 1. The molecule has 0 aliphatic carbocycles. The Balaban J connectivity index is 1.41. The van der Waals surface area contributed by atoms with Gasteiger partial charge in [-0.15, -0.1) is 0 Å². The quantitative estimate of drug-likeness (QED) is 0.656. The number of amides is 1. The fourth-order valence-electron chi connectivity index (χ4n) is 4.01. The summed E-state index contributed by atoms with van der Waals surface area (Å²) in [7, 11) is -7.27. The van der Waals surface area contributed by atoms with Crippen molar-refractivity contribution >= 4 is 31.6 Å². The van der Waals surface area contributed by atoms with E-state index in [2.05, 4.69) is 5.32 Å². The normalized spacial score (nSPS) is 20.9. The molecule has 2 saturated heterocycles. The van der Waals surface area contributed by atoms with E-state index in [0.29, 0.717) is 51.4 Å². The predicted molar refractivity (Wildman–Crippen MR) is 123 cm³/mol. The first-order valence-electron chi connectivity index (χ1n) is 10.8. The summed E-state index contributed by atoms with van der Waals surface area (Å²) in [6.07, 6.45) is 1.16. The third kappa shape index (κ3) is 5.28. The molecule has 33 heavy (non-hydrogen) atoms. The minimum atomic E-state index is -3.66. The highest BCUT2D eigenvalue weighted by atomic mass is 32.2. The third-order valence-electron chi connectivity index (χ3n) is 5.87. The molecule has 0 spiro atoms. The fourth-order valence-corrected chi connectivity index (χ4v) is 6.96. The predicted octanol–water partition coefficient (Wildman–Crippen LogP) is 1.75. The van der Waals surface area contributed by atoms with Crippen molar-refractivity contribution in [3.05, 3.63) is 54.6 Å². The number of nitrogens with one attached hydrogen (secondary N) is 1. The van der Waals surface area contributed by atoms with E-state index >= 15 is 0 Å². The van der Waals surface area contributed by atoms with Gasteiger partial charge in [0.15, 0.2) is 0 Å². The van der Waals surface area contributed by atoms with Crippen LogP contribution in [0.3, 0.4) is 0 Å². The minimum absolute atomic E-state index is 0.104. The summed E-state index contributed by atoms with van der Waals surface area (Å²) in [5.74, 6) is -0.777. The number of hydrogen-bond acceptors (Lipinski definition) is 6. The molecule has 4 rings (SSSR count). The Morgan fingerprint density at radius 2 is 1.42 bits per heavy atom. The summed E-state index contributed by atoms with van der Waals surface area (Å²) in [6, 6.07) is 14.2. The second-order valence-corrected chi connectivity index (χ2v) is 11.9. The molecule has 9 nitrogen and oxygen atoms in total. The molecule has 178 valence electrons. The molecule has 2 aromatic carbocycles. The molecule has 2 aliphatic heterocycles. The molecule has 0 bridgehead atoms. The van der Waals surface area contributed by atoms with E-state index in [1.54, 1.807) is 42.5 Å². The highest BCUT2D eigenvalue weighted by molar-refractivity contribution is 7.89. The Bertz CT molecular complexity index is 1180. The molecule has 2 heterocycles. The number of ether oxygens (including phenoxy) is 1. The molecule has 2 fully saturated rings. The second kappa shape index (κ2) is 9.90. The number of hydrogen-bond donors (Lipinski definition) is 1. The zero-order valence-corrected chi connectivity index (χ0v) is 19.7. The molecule has 1 N–H and O–H groups in total. The molecule has 0 radical (unpaired) electrons. The van der Waals surface area contributed by atoms with Crippen molar-refractivity contribution in [2.24, 2.45) is 5.92 Å². The number of piperidine rings is 1. The largest absolute Gasteiger partial charge is 0.379 e. The SMILES string of the molecule is O=C(Nc1ccc(S(=O)(=O)N2CCOCC2)cc1)[C@H]1CCCN(S(=O)(=O)c2ccccc2)C1. The Kier molecular flexibility index (Phi) is 7.15. The number of carbonyl (C=O) groups is 1. The average Bonchev–Trinajstić information content (AvgIpc) is 2.85. The zero-order chi connectivity index (χ0) is 23.5. The lowest BCUT2D eigenvalue weighted by Crippen LogP contribution is -2.43. The van der Waals surface area contributed by atoms with E-state index < -0.39 is 26.0 Å². The van der Waals surface area contributed by atoms with Gasteiger partial charge >= 0.3 is 0 Å². The Morgan fingerprint density at radius 3 is 2.09 bits per heavy atom. The van der Waals surface area contributed by atoms with Crippen molar-refractivity contribution in [2.75, 3.05) is 44.7 Å². The van der Waals surface area contributed by atoms with E-state index in [9.17, 15) is 21.6 Å². The van der Waals surface area contributed by atoms with Crippen LogP contribution in [-0.2, 0) is 29.6 Å². The highest BCUT2D eigenvalue weighted by Gasteiger charge is 2.33. The topological polar surface area (TPSA) is 113 Å². The molecule has 1 atom stereocenters. The van der Waals surface area contributed by atoms with Crippen LogP contribution in [0.4, 0.5) is 5.69 Å². The van der Waals surface area contributed by atoms with E-state index in [-0.39, 0.29) is 22.2 Å². The molecule has 0 unspecified atom stereocenters. The molecule has 1 amide bonds. The summed E-state index contributed by atoms with van der Waals surface area (Å²) in [5, 5.41) is 2.79. The van der Waals surface area contributed by atoms with E-state index in [1.807, 2.05) is 0 Å². The molecular formula is C22H27N3O6S2. The van der Waals surface area contributed by atoms with Gasteiger partial charge in [-0.1, -0.05) is 18.2 Å². The van der Waals surface area contributed by atoms with Gasteiger partial charge in [0.1, 0.15) is 0 Å². The number of rotatable bonds is 6. The Morgan fingerprint density at radius 1 is 0.818 bits per heavy atom. The average molecular weight is 494 g/mol. The molecule has 11 heteroatoms. The lowest BCUT2D eigenvalue weighted by molar-refractivity contribution is -0.120. The van der Waals surface area contributed by atoms with Crippen LogP contribution < -0.4 is 5.32 Å². The van der Waals surface area contributed by atoms with Crippen LogP contribution in [0.25, 0.3) is 0 Å². The number of morpholine rings is 1. The van der Waals surface area contributed by atoms with Gasteiger partial charge in [-0.25, -0.2) is 16.8 Å².